The Balaban J connectivity index is 1.45. The Hall–Kier alpha value is -1.50. The number of hydrogen-bond acceptors (Lipinski definition) is 5. The first-order chi connectivity index (χ1) is 11.8. The van der Waals surface area contributed by atoms with E-state index in [0.717, 1.165) is 50.7 Å². The standard InChI is InChI=1S/C17H27N5OS/c1-2-24-15-6-3-5-14(13-15)20-17(23)22-11-9-21(10-12-22)16-18-7-4-8-19-16/h4,7-8,14-15H,2-3,5-6,9-13H2,1H3,(H,20,23). The fraction of sp³-hybridized carbons (Fsp3) is 0.706. The first-order valence-corrected chi connectivity index (χ1v) is 10.00. The van der Waals surface area contributed by atoms with Gasteiger partial charge in [0.25, 0.3) is 0 Å². The molecule has 0 radical (unpaired) electrons. The number of amides is 2. The third kappa shape index (κ3) is 4.53. The summed E-state index contributed by atoms with van der Waals surface area (Å²) in [5.74, 6) is 1.92. The number of carbonyl (C=O) groups is 1. The summed E-state index contributed by atoms with van der Waals surface area (Å²) in [5.41, 5.74) is 0. The van der Waals surface area contributed by atoms with Crippen LogP contribution in [0.2, 0.25) is 0 Å². The Morgan fingerprint density at radius 2 is 2.00 bits per heavy atom. The molecule has 3 rings (SSSR count). The lowest BCUT2D eigenvalue weighted by atomic mass is 9.95. The van der Waals surface area contributed by atoms with Crippen LogP contribution < -0.4 is 10.2 Å². The minimum atomic E-state index is 0.0933. The van der Waals surface area contributed by atoms with Gasteiger partial charge in [0, 0.05) is 49.9 Å². The van der Waals surface area contributed by atoms with Crippen molar-refractivity contribution in [3.63, 3.8) is 0 Å². The SMILES string of the molecule is CCSC1CCCC(NC(=O)N2CCN(c3ncccn3)CC2)C1. The van der Waals surface area contributed by atoms with E-state index in [1.54, 1.807) is 12.4 Å². The van der Waals surface area contributed by atoms with E-state index >= 15 is 0 Å². The van der Waals surface area contributed by atoms with Crippen molar-refractivity contribution in [1.82, 2.24) is 20.2 Å². The lowest BCUT2D eigenvalue weighted by Crippen LogP contribution is -2.54. The topological polar surface area (TPSA) is 61.4 Å². The van der Waals surface area contributed by atoms with Gasteiger partial charge >= 0.3 is 6.03 Å². The van der Waals surface area contributed by atoms with Crippen molar-refractivity contribution in [2.75, 3.05) is 36.8 Å². The fourth-order valence-electron chi connectivity index (χ4n) is 3.49. The number of rotatable bonds is 4. The predicted octanol–water partition coefficient (Wildman–Crippen LogP) is 2.37. The molecule has 0 spiro atoms. The molecule has 1 aliphatic carbocycles. The van der Waals surface area contributed by atoms with E-state index in [4.69, 9.17) is 0 Å². The fourth-order valence-corrected chi connectivity index (χ4v) is 4.67. The van der Waals surface area contributed by atoms with Gasteiger partial charge in [-0.3, -0.25) is 0 Å². The third-order valence-corrected chi connectivity index (χ3v) is 5.99. The van der Waals surface area contributed by atoms with Crippen LogP contribution in [0.4, 0.5) is 10.7 Å². The van der Waals surface area contributed by atoms with Crippen LogP contribution in [0.25, 0.3) is 0 Å². The molecule has 1 saturated carbocycles. The molecule has 2 fully saturated rings. The zero-order valence-electron chi connectivity index (χ0n) is 14.4. The van der Waals surface area contributed by atoms with Gasteiger partial charge < -0.3 is 15.1 Å². The molecular formula is C17H27N5OS. The minimum Gasteiger partial charge on any atom is -0.337 e. The summed E-state index contributed by atoms with van der Waals surface area (Å²) in [7, 11) is 0. The van der Waals surface area contributed by atoms with E-state index in [1.165, 1.54) is 12.8 Å². The van der Waals surface area contributed by atoms with Crippen LogP contribution in [0.3, 0.4) is 0 Å². The third-order valence-electron chi connectivity index (χ3n) is 4.76. The molecule has 132 valence electrons. The van der Waals surface area contributed by atoms with Crippen molar-refractivity contribution >= 4 is 23.7 Å². The van der Waals surface area contributed by atoms with E-state index < -0.39 is 0 Å². The molecule has 1 saturated heterocycles. The molecule has 0 aromatic carbocycles. The summed E-state index contributed by atoms with van der Waals surface area (Å²) in [6, 6.07) is 2.25. The maximum Gasteiger partial charge on any atom is 0.317 e. The van der Waals surface area contributed by atoms with Gasteiger partial charge in [0.1, 0.15) is 0 Å². The number of carbonyl (C=O) groups excluding carboxylic acids is 1. The summed E-state index contributed by atoms with van der Waals surface area (Å²) in [5, 5.41) is 3.96. The Kier molecular flexibility index (Phi) is 6.18. The van der Waals surface area contributed by atoms with Gasteiger partial charge in [0.2, 0.25) is 5.95 Å². The highest BCUT2D eigenvalue weighted by molar-refractivity contribution is 7.99. The highest BCUT2D eigenvalue weighted by Crippen LogP contribution is 2.28. The Morgan fingerprint density at radius 3 is 2.71 bits per heavy atom. The van der Waals surface area contributed by atoms with Crippen LogP contribution in [0.1, 0.15) is 32.6 Å². The van der Waals surface area contributed by atoms with Gasteiger partial charge in [-0.1, -0.05) is 13.3 Å². The Labute approximate surface area is 148 Å². The summed E-state index contributed by atoms with van der Waals surface area (Å²) < 4.78 is 0. The molecule has 2 aliphatic rings. The molecule has 1 aromatic rings. The second-order valence-corrected chi connectivity index (χ2v) is 7.99. The van der Waals surface area contributed by atoms with Crippen LogP contribution in [0.5, 0.6) is 0 Å². The van der Waals surface area contributed by atoms with Gasteiger partial charge in [0.05, 0.1) is 0 Å². The molecule has 1 aromatic heterocycles. The van der Waals surface area contributed by atoms with Crippen molar-refractivity contribution in [3.05, 3.63) is 18.5 Å². The number of anilines is 1. The Morgan fingerprint density at radius 1 is 1.25 bits per heavy atom. The predicted molar refractivity (Wildman–Crippen MR) is 98.5 cm³/mol. The number of nitrogens with zero attached hydrogens (tertiary/aromatic N) is 4. The second-order valence-electron chi connectivity index (χ2n) is 6.41. The first kappa shape index (κ1) is 17.3. The van der Waals surface area contributed by atoms with E-state index in [2.05, 4.69) is 27.1 Å². The number of piperazine rings is 1. The monoisotopic (exact) mass is 349 g/mol. The molecule has 2 unspecified atom stereocenters. The maximum absolute atomic E-state index is 12.5. The number of thioether (sulfide) groups is 1. The number of hydrogen-bond donors (Lipinski definition) is 1. The van der Waals surface area contributed by atoms with Crippen molar-refractivity contribution in [2.45, 2.75) is 43.9 Å². The van der Waals surface area contributed by atoms with Gasteiger partial charge in [-0.25, -0.2) is 14.8 Å². The maximum atomic E-state index is 12.5. The minimum absolute atomic E-state index is 0.0933. The van der Waals surface area contributed by atoms with Gasteiger partial charge in [-0.05, 0) is 31.1 Å². The quantitative estimate of drug-likeness (QED) is 0.904. The smallest absolute Gasteiger partial charge is 0.317 e. The van der Waals surface area contributed by atoms with E-state index in [-0.39, 0.29) is 6.03 Å². The molecule has 24 heavy (non-hydrogen) atoms. The number of nitrogens with one attached hydrogen (secondary N) is 1. The van der Waals surface area contributed by atoms with E-state index in [1.807, 2.05) is 22.7 Å². The lowest BCUT2D eigenvalue weighted by molar-refractivity contribution is 0.186. The largest absolute Gasteiger partial charge is 0.337 e. The Bertz CT molecular complexity index is 519. The van der Waals surface area contributed by atoms with Crippen molar-refractivity contribution in [1.29, 1.82) is 0 Å². The van der Waals surface area contributed by atoms with Crippen molar-refractivity contribution < 1.29 is 4.79 Å². The molecule has 2 amide bonds. The molecule has 1 aliphatic heterocycles. The lowest BCUT2D eigenvalue weighted by Gasteiger charge is -2.36. The molecule has 1 N–H and O–H groups in total. The first-order valence-electron chi connectivity index (χ1n) is 8.95. The summed E-state index contributed by atoms with van der Waals surface area (Å²) in [6.45, 7) is 5.24. The van der Waals surface area contributed by atoms with Gasteiger partial charge in [-0.15, -0.1) is 0 Å². The summed E-state index contributed by atoms with van der Waals surface area (Å²) >= 11 is 2.03. The molecule has 7 heteroatoms. The zero-order chi connectivity index (χ0) is 16.8. The van der Waals surface area contributed by atoms with Crippen LogP contribution in [-0.2, 0) is 0 Å². The van der Waals surface area contributed by atoms with Crippen LogP contribution in [-0.4, -0.2) is 64.1 Å². The van der Waals surface area contributed by atoms with E-state index in [9.17, 15) is 4.79 Å². The van der Waals surface area contributed by atoms with Gasteiger partial charge in [0.15, 0.2) is 0 Å². The zero-order valence-corrected chi connectivity index (χ0v) is 15.2. The molecule has 2 atom stereocenters. The van der Waals surface area contributed by atoms with E-state index in [0.29, 0.717) is 11.3 Å². The van der Waals surface area contributed by atoms with Crippen LogP contribution >= 0.6 is 11.8 Å². The number of urea groups is 1. The highest BCUT2D eigenvalue weighted by atomic mass is 32.2. The normalized spacial score (nSPS) is 24.7. The molecule has 0 bridgehead atoms. The molecule has 6 nitrogen and oxygen atoms in total. The summed E-state index contributed by atoms with van der Waals surface area (Å²) in [6.07, 6.45) is 8.26. The number of aromatic nitrogens is 2. The van der Waals surface area contributed by atoms with Crippen molar-refractivity contribution in [2.24, 2.45) is 0 Å². The van der Waals surface area contributed by atoms with Crippen LogP contribution in [0.15, 0.2) is 18.5 Å². The van der Waals surface area contributed by atoms with Crippen molar-refractivity contribution in [3.8, 4) is 0 Å². The average molecular weight is 350 g/mol. The average Bonchev–Trinajstić information content (AvgIpc) is 2.63. The summed E-state index contributed by atoms with van der Waals surface area (Å²) in [4.78, 5) is 25.2. The van der Waals surface area contributed by atoms with Crippen LogP contribution in [0, 0.1) is 0 Å². The van der Waals surface area contributed by atoms with Gasteiger partial charge in [-0.2, -0.15) is 11.8 Å². The molecular weight excluding hydrogens is 322 g/mol. The second kappa shape index (κ2) is 8.55. The molecule has 2 heterocycles. The highest BCUT2D eigenvalue weighted by Gasteiger charge is 2.27.